The lowest BCUT2D eigenvalue weighted by Crippen LogP contribution is -2.37. The van der Waals surface area contributed by atoms with E-state index in [9.17, 15) is 8.42 Å². The molecule has 0 aliphatic carbocycles. The number of hydrogen-bond donors (Lipinski definition) is 1. The zero-order chi connectivity index (χ0) is 13.5. The SMILES string of the molecule is CS(=O)(=O)N1CCOc2cc3c(cc21)NCCCC3. The molecule has 2 heterocycles. The average Bonchev–Trinajstić information content (AvgIpc) is 2.58. The molecule has 2 aliphatic heterocycles. The number of nitrogens with one attached hydrogen (secondary N) is 1. The van der Waals surface area contributed by atoms with Crippen LogP contribution in [-0.4, -0.2) is 34.4 Å². The van der Waals surface area contributed by atoms with Gasteiger partial charge in [-0.15, -0.1) is 0 Å². The van der Waals surface area contributed by atoms with Crippen molar-refractivity contribution in [1.29, 1.82) is 0 Å². The van der Waals surface area contributed by atoms with Crippen molar-refractivity contribution in [3.05, 3.63) is 17.7 Å². The number of nitrogens with zero attached hydrogens (tertiary/aromatic N) is 1. The van der Waals surface area contributed by atoms with Gasteiger partial charge >= 0.3 is 0 Å². The molecule has 0 bridgehead atoms. The molecule has 0 unspecified atom stereocenters. The van der Waals surface area contributed by atoms with Crippen LogP contribution in [0, 0.1) is 0 Å². The van der Waals surface area contributed by atoms with E-state index in [-0.39, 0.29) is 0 Å². The normalized spacial score (nSPS) is 18.7. The smallest absolute Gasteiger partial charge is 0.232 e. The van der Waals surface area contributed by atoms with Gasteiger partial charge in [-0.2, -0.15) is 0 Å². The number of aryl methyl sites for hydroxylation is 1. The van der Waals surface area contributed by atoms with Crippen LogP contribution >= 0.6 is 0 Å². The second kappa shape index (κ2) is 4.59. The van der Waals surface area contributed by atoms with Crippen LogP contribution in [0.3, 0.4) is 0 Å². The molecule has 0 amide bonds. The fraction of sp³-hybridized carbons (Fsp3) is 0.538. The first kappa shape index (κ1) is 12.6. The lowest BCUT2D eigenvalue weighted by atomic mass is 10.1. The third-order valence-electron chi connectivity index (χ3n) is 3.59. The van der Waals surface area contributed by atoms with Gasteiger partial charge in [0.15, 0.2) is 0 Å². The van der Waals surface area contributed by atoms with Crippen LogP contribution in [0.25, 0.3) is 0 Å². The first-order chi connectivity index (χ1) is 9.05. The van der Waals surface area contributed by atoms with Crippen LogP contribution in [0.4, 0.5) is 11.4 Å². The quantitative estimate of drug-likeness (QED) is 0.850. The van der Waals surface area contributed by atoms with Gasteiger partial charge in [0.1, 0.15) is 12.4 Å². The van der Waals surface area contributed by atoms with E-state index in [1.54, 1.807) is 0 Å². The highest BCUT2D eigenvalue weighted by molar-refractivity contribution is 7.92. The molecular weight excluding hydrogens is 264 g/mol. The first-order valence-corrected chi connectivity index (χ1v) is 8.42. The minimum absolute atomic E-state index is 0.380. The minimum Gasteiger partial charge on any atom is -0.489 e. The standard InChI is InChI=1S/C13H18N2O3S/c1-19(16,17)15-6-7-18-13-8-10-4-2-3-5-14-11(10)9-12(13)15/h8-9,14H,2-7H2,1H3. The third kappa shape index (κ3) is 2.36. The Morgan fingerprint density at radius 2 is 2.16 bits per heavy atom. The average molecular weight is 282 g/mol. The predicted molar refractivity (Wildman–Crippen MR) is 75.6 cm³/mol. The van der Waals surface area contributed by atoms with Gasteiger partial charge < -0.3 is 10.1 Å². The molecule has 0 atom stereocenters. The summed E-state index contributed by atoms with van der Waals surface area (Å²) in [5.74, 6) is 0.680. The highest BCUT2D eigenvalue weighted by Gasteiger charge is 2.26. The maximum atomic E-state index is 11.8. The Labute approximate surface area is 113 Å². The number of hydrogen-bond acceptors (Lipinski definition) is 4. The summed E-state index contributed by atoms with van der Waals surface area (Å²) in [7, 11) is -3.25. The van der Waals surface area contributed by atoms with Crippen molar-refractivity contribution >= 4 is 21.4 Å². The van der Waals surface area contributed by atoms with Crippen LogP contribution in [-0.2, 0) is 16.4 Å². The first-order valence-electron chi connectivity index (χ1n) is 6.57. The van der Waals surface area contributed by atoms with Crippen LogP contribution in [0.1, 0.15) is 18.4 Å². The summed E-state index contributed by atoms with van der Waals surface area (Å²) in [5.41, 5.74) is 2.91. The number of ether oxygens (including phenoxy) is 1. The van der Waals surface area contributed by atoms with Gasteiger partial charge in [-0.05, 0) is 37.0 Å². The number of sulfonamides is 1. The Hall–Kier alpha value is -1.43. The van der Waals surface area contributed by atoms with Gasteiger partial charge in [-0.25, -0.2) is 8.42 Å². The van der Waals surface area contributed by atoms with Gasteiger partial charge in [-0.1, -0.05) is 0 Å². The minimum atomic E-state index is -3.25. The Balaban J connectivity index is 2.09. The molecular formula is C13H18N2O3S. The van der Waals surface area contributed by atoms with E-state index >= 15 is 0 Å². The Morgan fingerprint density at radius 1 is 1.32 bits per heavy atom. The molecule has 1 aromatic carbocycles. The maximum Gasteiger partial charge on any atom is 0.232 e. The number of anilines is 2. The monoisotopic (exact) mass is 282 g/mol. The van der Waals surface area contributed by atoms with E-state index in [1.807, 2.05) is 12.1 Å². The molecule has 19 heavy (non-hydrogen) atoms. The van der Waals surface area contributed by atoms with Crippen molar-refractivity contribution in [2.24, 2.45) is 0 Å². The molecule has 0 spiro atoms. The molecule has 0 saturated carbocycles. The largest absolute Gasteiger partial charge is 0.489 e. The molecule has 104 valence electrons. The van der Waals surface area contributed by atoms with Crippen molar-refractivity contribution in [2.75, 3.05) is 35.6 Å². The molecule has 2 aliphatic rings. The van der Waals surface area contributed by atoms with E-state index in [4.69, 9.17) is 4.74 Å². The van der Waals surface area contributed by atoms with Gasteiger partial charge in [0.25, 0.3) is 0 Å². The number of fused-ring (bicyclic) bond motifs is 2. The van der Waals surface area contributed by atoms with Crippen molar-refractivity contribution in [3.63, 3.8) is 0 Å². The molecule has 5 nitrogen and oxygen atoms in total. The van der Waals surface area contributed by atoms with Gasteiger partial charge in [0.2, 0.25) is 10.0 Å². The zero-order valence-electron chi connectivity index (χ0n) is 11.0. The molecule has 0 fully saturated rings. The second-order valence-electron chi connectivity index (χ2n) is 5.04. The Kier molecular flexibility index (Phi) is 3.05. The summed E-state index contributed by atoms with van der Waals surface area (Å²) >= 11 is 0. The molecule has 6 heteroatoms. The van der Waals surface area contributed by atoms with E-state index in [0.29, 0.717) is 24.6 Å². The van der Waals surface area contributed by atoms with Gasteiger partial charge in [0, 0.05) is 12.2 Å². The van der Waals surface area contributed by atoms with Crippen molar-refractivity contribution < 1.29 is 13.2 Å². The highest BCUT2D eigenvalue weighted by atomic mass is 32.2. The van der Waals surface area contributed by atoms with Crippen molar-refractivity contribution in [3.8, 4) is 5.75 Å². The summed E-state index contributed by atoms with van der Waals surface area (Å²) < 4.78 is 30.7. The van der Waals surface area contributed by atoms with Crippen LogP contribution in [0.15, 0.2) is 12.1 Å². The number of benzene rings is 1. The van der Waals surface area contributed by atoms with E-state index in [0.717, 1.165) is 31.5 Å². The third-order valence-corrected chi connectivity index (χ3v) is 4.77. The summed E-state index contributed by atoms with van der Waals surface area (Å²) in [4.78, 5) is 0. The zero-order valence-corrected chi connectivity index (χ0v) is 11.8. The Morgan fingerprint density at radius 3 is 2.95 bits per heavy atom. The molecule has 0 aromatic heterocycles. The van der Waals surface area contributed by atoms with Gasteiger partial charge in [-0.3, -0.25) is 4.31 Å². The lowest BCUT2D eigenvalue weighted by molar-refractivity contribution is 0.315. The topological polar surface area (TPSA) is 58.6 Å². The molecule has 1 N–H and O–H groups in total. The fourth-order valence-corrected chi connectivity index (χ4v) is 3.57. The summed E-state index contributed by atoms with van der Waals surface area (Å²) in [5, 5.41) is 3.37. The second-order valence-corrected chi connectivity index (χ2v) is 6.95. The van der Waals surface area contributed by atoms with E-state index < -0.39 is 10.0 Å². The maximum absolute atomic E-state index is 11.8. The number of rotatable bonds is 1. The lowest BCUT2D eigenvalue weighted by Gasteiger charge is -2.30. The fourth-order valence-electron chi connectivity index (χ4n) is 2.66. The Bertz CT molecular complexity index is 598. The summed E-state index contributed by atoms with van der Waals surface area (Å²) in [6.07, 6.45) is 4.53. The van der Waals surface area contributed by atoms with Crippen molar-refractivity contribution in [2.45, 2.75) is 19.3 Å². The van der Waals surface area contributed by atoms with Crippen molar-refractivity contribution in [1.82, 2.24) is 0 Å². The summed E-state index contributed by atoms with van der Waals surface area (Å²) in [6.45, 7) is 1.72. The van der Waals surface area contributed by atoms with Crippen LogP contribution < -0.4 is 14.4 Å². The summed E-state index contributed by atoms with van der Waals surface area (Å²) in [6, 6.07) is 3.90. The van der Waals surface area contributed by atoms with Crippen LogP contribution in [0.2, 0.25) is 0 Å². The van der Waals surface area contributed by atoms with E-state index in [1.165, 1.54) is 16.1 Å². The molecule has 0 saturated heterocycles. The molecule has 1 aromatic rings. The highest BCUT2D eigenvalue weighted by Crippen LogP contribution is 2.38. The predicted octanol–water partition coefficient (Wildman–Crippen LogP) is 1.59. The van der Waals surface area contributed by atoms with E-state index in [2.05, 4.69) is 5.32 Å². The molecule has 0 radical (unpaired) electrons. The van der Waals surface area contributed by atoms with Gasteiger partial charge in [0.05, 0.1) is 18.5 Å². The molecule has 3 rings (SSSR count). The van der Waals surface area contributed by atoms with Crippen LogP contribution in [0.5, 0.6) is 5.75 Å².